The van der Waals surface area contributed by atoms with Crippen LogP contribution in [-0.4, -0.2) is 17.0 Å². The molecule has 0 amide bonds. The predicted octanol–water partition coefficient (Wildman–Crippen LogP) is 4.02. The van der Waals surface area contributed by atoms with E-state index in [0.717, 1.165) is 20.3 Å². The van der Waals surface area contributed by atoms with Gasteiger partial charge in [-0.2, -0.15) is 0 Å². The number of halogens is 2. The van der Waals surface area contributed by atoms with Gasteiger partial charge >= 0.3 is 0 Å². The zero-order valence-electron chi connectivity index (χ0n) is 9.46. The molecule has 1 aromatic carbocycles. The topological polar surface area (TPSA) is 37.8 Å². The van der Waals surface area contributed by atoms with E-state index >= 15 is 0 Å². The highest BCUT2D eigenvalue weighted by Crippen LogP contribution is 2.28. The summed E-state index contributed by atoms with van der Waals surface area (Å²) in [5, 5.41) is 3.02. The molecule has 1 N–H and O–H groups in total. The summed E-state index contributed by atoms with van der Waals surface area (Å²) >= 11 is 6.93. The van der Waals surface area contributed by atoms with Crippen molar-refractivity contribution in [2.75, 3.05) is 12.4 Å². The summed E-state index contributed by atoms with van der Waals surface area (Å²) in [5.74, 6) is 1.48. The molecular weight excluding hydrogens is 346 g/mol. The van der Waals surface area contributed by atoms with Crippen molar-refractivity contribution in [2.45, 2.75) is 6.92 Å². The molecule has 17 heavy (non-hydrogen) atoms. The van der Waals surface area contributed by atoms with Gasteiger partial charge in [-0.15, -0.1) is 0 Å². The highest BCUT2D eigenvalue weighted by atomic mass is 79.9. The highest BCUT2D eigenvalue weighted by Gasteiger charge is 2.08. The molecule has 1 heterocycles. The Bertz CT molecular complexity index is 555. The fourth-order valence-electron chi connectivity index (χ4n) is 1.47. The summed E-state index contributed by atoms with van der Waals surface area (Å²) in [5.41, 5.74) is 2.19. The van der Waals surface area contributed by atoms with Crippen molar-refractivity contribution < 1.29 is 0 Å². The van der Waals surface area contributed by atoms with Gasteiger partial charge in [0.15, 0.2) is 5.82 Å². The first-order chi connectivity index (χ1) is 8.11. The first-order valence-corrected chi connectivity index (χ1v) is 6.67. The van der Waals surface area contributed by atoms with Crippen LogP contribution in [0.2, 0.25) is 0 Å². The van der Waals surface area contributed by atoms with Gasteiger partial charge in [-0.1, -0.05) is 22.0 Å². The molecule has 0 spiro atoms. The Balaban J connectivity index is 2.53. The Labute approximate surface area is 117 Å². The number of hydrogen-bond acceptors (Lipinski definition) is 3. The summed E-state index contributed by atoms with van der Waals surface area (Å²) in [6.07, 6.45) is 1.75. The number of rotatable bonds is 2. The third-order valence-electron chi connectivity index (χ3n) is 2.35. The maximum absolute atomic E-state index is 4.45. The van der Waals surface area contributed by atoms with Crippen LogP contribution in [0.15, 0.2) is 33.3 Å². The summed E-state index contributed by atoms with van der Waals surface area (Å²) in [6, 6.07) is 6.12. The maximum atomic E-state index is 4.45. The van der Waals surface area contributed by atoms with Crippen LogP contribution in [0.5, 0.6) is 0 Å². The lowest BCUT2D eigenvalue weighted by Gasteiger charge is -2.07. The van der Waals surface area contributed by atoms with Gasteiger partial charge in [0.25, 0.3) is 0 Å². The van der Waals surface area contributed by atoms with Crippen LogP contribution in [0.1, 0.15) is 5.56 Å². The van der Waals surface area contributed by atoms with Crippen molar-refractivity contribution >= 4 is 37.7 Å². The second-order valence-electron chi connectivity index (χ2n) is 3.62. The monoisotopic (exact) mass is 355 g/mol. The summed E-state index contributed by atoms with van der Waals surface area (Å²) in [4.78, 5) is 8.77. The number of anilines is 1. The third-order valence-corrected chi connectivity index (χ3v) is 3.58. The number of aryl methyl sites for hydroxylation is 1. The minimum absolute atomic E-state index is 0.699. The molecule has 0 fully saturated rings. The maximum Gasteiger partial charge on any atom is 0.162 e. The van der Waals surface area contributed by atoms with Gasteiger partial charge in [0.1, 0.15) is 5.82 Å². The van der Waals surface area contributed by atoms with Crippen molar-refractivity contribution in [3.8, 4) is 11.4 Å². The average Bonchev–Trinajstić information content (AvgIpc) is 2.30. The van der Waals surface area contributed by atoms with E-state index in [1.807, 2.05) is 19.2 Å². The van der Waals surface area contributed by atoms with E-state index in [1.165, 1.54) is 5.56 Å². The number of aromatic nitrogens is 2. The van der Waals surface area contributed by atoms with Gasteiger partial charge in [0, 0.05) is 23.3 Å². The van der Waals surface area contributed by atoms with E-state index in [9.17, 15) is 0 Å². The van der Waals surface area contributed by atoms with Crippen LogP contribution in [0.25, 0.3) is 11.4 Å². The van der Waals surface area contributed by atoms with Gasteiger partial charge in [-0.05, 0) is 40.5 Å². The van der Waals surface area contributed by atoms with Crippen molar-refractivity contribution in [3.63, 3.8) is 0 Å². The van der Waals surface area contributed by atoms with E-state index in [-0.39, 0.29) is 0 Å². The average molecular weight is 357 g/mol. The Morgan fingerprint density at radius 3 is 2.59 bits per heavy atom. The number of nitrogens with one attached hydrogen (secondary N) is 1. The van der Waals surface area contributed by atoms with Gasteiger partial charge in [-0.3, -0.25) is 0 Å². The molecule has 88 valence electrons. The van der Waals surface area contributed by atoms with Crippen LogP contribution in [0, 0.1) is 6.92 Å². The van der Waals surface area contributed by atoms with E-state index in [2.05, 4.69) is 60.1 Å². The minimum atomic E-state index is 0.699. The summed E-state index contributed by atoms with van der Waals surface area (Å²) in [7, 11) is 1.83. The number of nitrogens with zero attached hydrogens (tertiary/aromatic N) is 2. The SMILES string of the molecule is CNc1nc(-c2ccc(C)cc2Br)ncc1Br. The Morgan fingerprint density at radius 1 is 1.18 bits per heavy atom. The lowest BCUT2D eigenvalue weighted by Crippen LogP contribution is -1.98. The van der Waals surface area contributed by atoms with Crippen LogP contribution in [0.3, 0.4) is 0 Å². The van der Waals surface area contributed by atoms with Crippen molar-refractivity contribution in [3.05, 3.63) is 38.9 Å². The molecule has 0 radical (unpaired) electrons. The molecule has 2 rings (SSSR count). The smallest absolute Gasteiger partial charge is 0.162 e. The van der Waals surface area contributed by atoms with Crippen molar-refractivity contribution in [1.29, 1.82) is 0 Å². The molecule has 1 aromatic heterocycles. The van der Waals surface area contributed by atoms with Crippen LogP contribution in [0.4, 0.5) is 5.82 Å². The van der Waals surface area contributed by atoms with Gasteiger partial charge < -0.3 is 5.32 Å². The number of hydrogen-bond donors (Lipinski definition) is 1. The second-order valence-corrected chi connectivity index (χ2v) is 5.33. The normalized spacial score (nSPS) is 10.4. The molecule has 0 atom stereocenters. The standard InChI is InChI=1S/C12H11Br2N3/c1-7-3-4-8(9(13)5-7)11-16-6-10(14)12(15-2)17-11/h3-6H,1-2H3,(H,15,16,17). The van der Waals surface area contributed by atoms with Crippen LogP contribution in [-0.2, 0) is 0 Å². The predicted molar refractivity (Wildman–Crippen MR) is 77.2 cm³/mol. The molecule has 0 bridgehead atoms. The van der Waals surface area contributed by atoms with Gasteiger partial charge in [0.2, 0.25) is 0 Å². The molecule has 0 unspecified atom stereocenters. The molecule has 3 nitrogen and oxygen atoms in total. The zero-order chi connectivity index (χ0) is 12.4. The second kappa shape index (κ2) is 5.14. The third kappa shape index (κ3) is 2.66. The molecule has 5 heteroatoms. The first kappa shape index (κ1) is 12.5. The molecule has 0 saturated carbocycles. The molecule has 0 saturated heterocycles. The fourth-order valence-corrected chi connectivity index (χ4v) is 2.53. The zero-order valence-corrected chi connectivity index (χ0v) is 12.6. The molecule has 0 aliphatic carbocycles. The van der Waals surface area contributed by atoms with Gasteiger partial charge in [0.05, 0.1) is 4.47 Å². The van der Waals surface area contributed by atoms with Crippen molar-refractivity contribution in [2.24, 2.45) is 0 Å². The van der Waals surface area contributed by atoms with Crippen LogP contribution < -0.4 is 5.32 Å². The Morgan fingerprint density at radius 2 is 1.94 bits per heavy atom. The largest absolute Gasteiger partial charge is 0.372 e. The lowest BCUT2D eigenvalue weighted by atomic mass is 10.1. The first-order valence-electron chi connectivity index (χ1n) is 5.08. The van der Waals surface area contributed by atoms with E-state index < -0.39 is 0 Å². The van der Waals surface area contributed by atoms with E-state index in [4.69, 9.17) is 0 Å². The Hall–Kier alpha value is -0.940. The molecular formula is C12H11Br2N3. The highest BCUT2D eigenvalue weighted by molar-refractivity contribution is 9.11. The molecule has 0 aliphatic heterocycles. The van der Waals surface area contributed by atoms with Gasteiger partial charge in [-0.25, -0.2) is 9.97 Å². The summed E-state index contributed by atoms with van der Waals surface area (Å²) in [6.45, 7) is 2.05. The molecule has 0 aliphatic rings. The lowest BCUT2D eigenvalue weighted by molar-refractivity contribution is 1.15. The minimum Gasteiger partial charge on any atom is -0.372 e. The van der Waals surface area contributed by atoms with Crippen molar-refractivity contribution in [1.82, 2.24) is 9.97 Å². The molecule has 2 aromatic rings. The van der Waals surface area contributed by atoms with E-state index in [0.29, 0.717) is 5.82 Å². The Kier molecular flexibility index (Phi) is 3.79. The van der Waals surface area contributed by atoms with Crippen LogP contribution >= 0.6 is 31.9 Å². The summed E-state index contributed by atoms with van der Waals surface area (Å²) < 4.78 is 1.86. The van der Waals surface area contributed by atoms with E-state index in [1.54, 1.807) is 6.20 Å². The fraction of sp³-hybridized carbons (Fsp3) is 0.167. The quantitative estimate of drug-likeness (QED) is 0.883. The number of benzene rings is 1.